The molecule has 23 heavy (non-hydrogen) atoms. The Labute approximate surface area is 134 Å². The third kappa shape index (κ3) is 3.36. The number of hydrogen-bond donors (Lipinski definition) is 2. The Balaban J connectivity index is 2.49. The van der Waals surface area contributed by atoms with Gasteiger partial charge in [-0.3, -0.25) is 10.1 Å². The van der Waals surface area contributed by atoms with E-state index in [9.17, 15) is 22.9 Å². The summed E-state index contributed by atoms with van der Waals surface area (Å²) in [6.07, 6.45) is 3.07. The Morgan fingerprint density at radius 3 is 2.74 bits per heavy atom. The van der Waals surface area contributed by atoms with Crippen molar-refractivity contribution in [3.63, 3.8) is 0 Å². The quantitative estimate of drug-likeness (QED) is 0.625. The highest BCUT2D eigenvalue weighted by molar-refractivity contribution is 7.89. The van der Waals surface area contributed by atoms with Gasteiger partial charge in [-0.05, 0) is 24.8 Å². The lowest BCUT2D eigenvalue weighted by Crippen LogP contribution is -2.59. The third-order valence-corrected chi connectivity index (χ3v) is 6.18. The van der Waals surface area contributed by atoms with Gasteiger partial charge in [0, 0.05) is 18.2 Å². The number of nitro groups is 1. The molecule has 0 aliphatic heterocycles. The van der Waals surface area contributed by atoms with Crippen LogP contribution in [-0.2, 0) is 10.0 Å². The maximum Gasteiger partial charge on any atom is 0.292 e. The molecule has 128 valence electrons. The third-order valence-electron chi connectivity index (χ3n) is 4.57. The van der Waals surface area contributed by atoms with Gasteiger partial charge in [0.1, 0.15) is 5.82 Å². The summed E-state index contributed by atoms with van der Waals surface area (Å²) in [5.74, 6) is -1.19. The van der Waals surface area contributed by atoms with Crippen molar-refractivity contribution in [3.8, 4) is 0 Å². The number of rotatable bonds is 5. The number of nitrogens with two attached hydrogens (primary N) is 1. The summed E-state index contributed by atoms with van der Waals surface area (Å²) in [5, 5.41) is 11.0. The highest BCUT2D eigenvalue weighted by Crippen LogP contribution is 2.35. The molecule has 2 rings (SSSR count). The van der Waals surface area contributed by atoms with Crippen LogP contribution in [0.2, 0.25) is 0 Å². The number of nitro benzene ring substituents is 1. The number of nitrogens with zero attached hydrogens (tertiary/aromatic N) is 1. The van der Waals surface area contributed by atoms with Crippen LogP contribution in [-0.4, -0.2) is 25.4 Å². The first kappa shape index (κ1) is 17.8. The molecule has 7 nitrogen and oxygen atoms in total. The average molecular weight is 345 g/mol. The van der Waals surface area contributed by atoms with E-state index in [0.717, 1.165) is 37.5 Å². The predicted octanol–water partition coefficient (Wildman–Crippen LogP) is 1.92. The van der Waals surface area contributed by atoms with Crippen molar-refractivity contribution in [1.29, 1.82) is 0 Å². The van der Waals surface area contributed by atoms with Gasteiger partial charge >= 0.3 is 0 Å². The van der Waals surface area contributed by atoms with Gasteiger partial charge in [-0.1, -0.05) is 25.8 Å². The Hall–Kier alpha value is -1.58. The van der Waals surface area contributed by atoms with Crippen molar-refractivity contribution in [2.24, 2.45) is 11.7 Å². The molecule has 0 aromatic heterocycles. The smallest absolute Gasteiger partial charge is 0.292 e. The average Bonchev–Trinajstić information content (AvgIpc) is 2.49. The zero-order valence-electron chi connectivity index (χ0n) is 12.8. The minimum Gasteiger partial charge on any atom is -0.329 e. The van der Waals surface area contributed by atoms with Gasteiger partial charge in [-0.15, -0.1) is 0 Å². The summed E-state index contributed by atoms with van der Waals surface area (Å²) in [6, 6.07) is 2.96. The van der Waals surface area contributed by atoms with E-state index in [0.29, 0.717) is 6.42 Å². The van der Waals surface area contributed by atoms with Gasteiger partial charge in [0.15, 0.2) is 4.90 Å². The van der Waals surface area contributed by atoms with Crippen molar-refractivity contribution in [2.75, 3.05) is 6.54 Å². The molecule has 0 bridgehead atoms. The lowest BCUT2D eigenvalue weighted by molar-refractivity contribution is -0.388. The van der Waals surface area contributed by atoms with Gasteiger partial charge in [0.05, 0.1) is 4.92 Å². The van der Waals surface area contributed by atoms with Crippen LogP contribution in [0.15, 0.2) is 23.1 Å². The molecular weight excluding hydrogens is 325 g/mol. The first-order chi connectivity index (χ1) is 10.7. The molecular formula is C14H20FN3O4S. The lowest BCUT2D eigenvalue weighted by atomic mass is 9.74. The Kier molecular flexibility index (Phi) is 5.02. The van der Waals surface area contributed by atoms with E-state index < -0.39 is 36.9 Å². The number of nitrogens with one attached hydrogen (secondary N) is 1. The Morgan fingerprint density at radius 1 is 1.48 bits per heavy atom. The van der Waals surface area contributed by atoms with Crippen molar-refractivity contribution < 1.29 is 17.7 Å². The normalized spacial score (nSPS) is 25.3. The van der Waals surface area contributed by atoms with Crippen LogP contribution in [0.25, 0.3) is 0 Å². The molecule has 1 aliphatic carbocycles. The molecule has 1 aromatic carbocycles. The van der Waals surface area contributed by atoms with E-state index in [1.807, 2.05) is 6.92 Å². The molecule has 0 saturated heterocycles. The van der Waals surface area contributed by atoms with Crippen LogP contribution < -0.4 is 10.5 Å². The predicted molar refractivity (Wildman–Crippen MR) is 82.8 cm³/mol. The first-order valence-electron chi connectivity index (χ1n) is 7.40. The monoisotopic (exact) mass is 345 g/mol. The van der Waals surface area contributed by atoms with Gasteiger partial charge in [-0.2, -0.15) is 0 Å². The second kappa shape index (κ2) is 6.50. The summed E-state index contributed by atoms with van der Waals surface area (Å²) < 4.78 is 41.8. The lowest BCUT2D eigenvalue weighted by Gasteiger charge is -2.42. The maximum absolute atomic E-state index is 14.0. The summed E-state index contributed by atoms with van der Waals surface area (Å²) in [7, 11) is -4.42. The number of halogens is 1. The molecule has 0 spiro atoms. The molecule has 2 unspecified atom stereocenters. The highest BCUT2D eigenvalue weighted by atomic mass is 32.2. The standard InChI is InChI=1S/C14H20FN3O4S/c1-10-5-2-3-8-14(10,9-16)17-23(21,22)13-11(15)6-4-7-12(13)18(19)20/h4,6-7,10,17H,2-3,5,8-9,16H2,1H3. The Morgan fingerprint density at radius 2 is 2.17 bits per heavy atom. The molecule has 0 amide bonds. The molecule has 1 aromatic rings. The summed E-state index contributed by atoms with van der Waals surface area (Å²) in [6.45, 7) is 1.93. The first-order valence-corrected chi connectivity index (χ1v) is 8.89. The van der Waals surface area contributed by atoms with Crippen molar-refractivity contribution >= 4 is 15.7 Å². The van der Waals surface area contributed by atoms with E-state index in [2.05, 4.69) is 4.72 Å². The summed E-state index contributed by atoms with van der Waals surface area (Å²) in [4.78, 5) is 9.21. The fourth-order valence-corrected chi connectivity index (χ4v) is 4.90. The highest BCUT2D eigenvalue weighted by Gasteiger charge is 2.43. The van der Waals surface area contributed by atoms with E-state index in [1.54, 1.807) is 0 Å². The fraction of sp³-hybridized carbons (Fsp3) is 0.571. The topological polar surface area (TPSA) is 115 Å². The number of sulfonamides is 1. The maximum atomic E-state index is 14.0. The second-order valence-electron chi connectivity index (χ2n) is 5.96. The summed E-state index contributed by atoms with van der Waals surface area (Å²) >= 11 is 0. The van der Waals surface area contributed by atoms with E-state index in [-0.39, 0.29) is 12.5 Å². The molecule has 0 radical (unpaired) electrons. The van der Waals surface area contributed by atoms with Crippen LogP contribution in [0.4, 0.5) is 10.1 Å². The molecule has 9 heteroatoms. The van der Waals surface area contributed by atoms with Crippen LogP contribution in [0.5, 0.6) is 0 Å². The van der Waals surface area contributed by atoms with Crippen LogP contribution >= 0.6 is 0 Å². The van der Waals surface area contributed by atoms with Crippen LogP contribution in [0.3, 0.4) is 0 Å². The van der Waals surface area contributed by atoms with Crippen molar-refractivity contribution in [1.82, 2.24) is 4.72 Å². The van der Waals surface area contributed by atoms with Crippen LogP contribution in [0, 0.1) is 21.8 Å². The van der Waals surface area contributed by atoms with Gasteiger partial charge in [0.2, 0.25) is 0 Å². The number of hydrogen-bond acceptors (Lipinski definition) is 5. The SMILES string of the molecule is CC1CCCCC1(CN)NS(=O)(=O)c1c(F)cccc1[N+](=O)[O-]. The molecule has 3 N–H and O–H groups in total. The van der Waals surface area contributed by atoms with Gasteiger partial charge in [-0.25, -0.2) is 17.5 Å². The number of benzene rings is 1. The summed E-state index contributed by atoms with van der Waals surface area (Å²) in [5.41, 5.74) is 4.10. The van der Waals surface area contributed by atoms with Gasteiger partial charge < -0.3 is 5.73 Å². The van der Waals surface area contributed by atoms with Crippen LogP contribution in [0.1, 0.15) is 32.6 Å². The zero-order valence-corrected chi connectivity index (χ0v) is 13.6. The molecule has 1 aliphatic rings. The Bertz CT molecular complexity index is 710. The molecule has 0 heterocycles. The van der Waals surface area contributed by atoms with Gasteiger partial charge in [0.25, 0.3) is 15.7 Å². The van der Waals surface area contributed by atoms with E-state index >= 15 is 0 Å². The fourth-order valence-electron chi connectivity index (χ4n) is 3.14. The minimum absolute atomic E-state index is 0.0399. The minimum atomic E-state index is -4.42. The van der Waals surface area contributed by atoms with E-state index in [1.165, 1.54) is 0 Å². The van der Waals surface area contributed by atoms with Crippen molar-refractivity contribution in [3.05, 3.63) is 34.1 Å². The second-order valence-corrected chi connectivity index (χ2v) is 7.58. The van der Waals surface area contributed by atoms with E-state index in [4.69, 9.17) is 5.73 Å². The largest absolute Gasteiger partial charge is 0.329 e. The molecule has 1 fully saturated rings. The zero-order chi connectivity index (χ0) is 17.3. The molecule has 2 atom stereocenters. The van der Waals surface area contributed by atoms with Crippen molar-refractivity contribution in [2.45, 2.75) is 43.0 Å². The molecule has 1 saturated carbocycles.